The van der Waals surface area contributed by atoms with E-state index in [1.807, 2.05) is 0 Å². The largest absolute Gasteiger partial charge is 0.480 e. The highest BCUT2D eigenvalue weighted by molar-refractivity contribution is 5.94. The molecule has 11 heteroatoms. The zero-order chi connectivity index (χ0) is 23.1. The quantitative estimate of drug-likeness (QED) is 0.410. The first-order chi connectivity index (χ1) is 14.6. The lowest BCUT2D eigenvalue weighted by Crippen LogP contribution is -2.59. The highest BCUT2D eigenvalue weighted by Gasteiger charge is 2.62. The number of nitro groups is 1. The maximum absolute atomic E-state index is 13.0. The zero-order valence-electron chi connectivity index (χ0n) is 17.4. The van der Waals surface area contributed by atoms with Gasteiger partial charge in [0.15, 0.2) is 11.8 Å². The monoisotopic (exact) mass is 434 g/mol. The summed E-state index contributed by atoms with van der Waals surface area (Å²) in [5.74, 6) is -4.98. The fraction of sp³-hybridized carbons (Fsp3) is 0.450. The highest BCUT2D eigenvalue weighted by atomic mass is 16.6. The minimum absolute atomic E-state index is 0.00706. The predicted molar refractivity (Wildman–Crippen MR) is 104 cm³/mol. The van der Waals surface area contributed by atoms with Gasteiger partial charge in [0.1, 0.15) is 5.92 Å². The Bertz CT molecular complexity index is 989. The van der Waals surface area contributed by atoms with Crippen molar-refractivity contribution in [1.82, 2.24) is 4.90 Å². The van der Waals surface area contributed by atoms with Gasteiger partial charge in [-0.15, -0.1) is 0 Å². The van der Waals surface area contributed by atoms with Gasteiger partial charge in [0, 0.05) is 23.7 Å². The SMILES string of the molecule is COC(=O)C1=C(C)N2[C@H](C(=O)O)CO[C@@]2(C)[C@H](C(=O)OC)[C@H]1c1cccc([N+](=O)[O-])c1. The van der Waals surface area contributed by atoms with Gasteiger partial charge >= 0.3 is 17.9 Å². The number of non-ortho nitro benzene ring substituents is 1. The number of nitro benzene ring substituents is 1. The van der Waals surface area contributed by atoms with E-state index < -0.39 is 46.4 Å². The van der Waals surface area contributed by atoms with Crippen LogP contribution in [0.5, 0.6) is 0 Å². The number of esters is 2. The van der Waals surface area contributed by atoms with E-state index in [2.05, 4.69) is 0 Å². The molecule has 0 aliphatic carbocycles. The predicted octanol–water partition coefficient (Wildman–Crippen LogP) is 1.43. The standard InChI is InChI=1S/C20H22N2O9/c1-10-14(18(25)29-3)15(11-6-5-7-12(8-11)22(27)28)16(19(26)30-4)20(2)21(10)13(9-31-20)17(23)24/h5-8,13,15-16H,9H2,1-4H3,(H,23,24)/t13-,15-,16-,20-/m0/s1. The van der Waals surface area contributed by atoms with Gasteiger partial charge < -0.3 is 24.2 Å². The third-order valence-electron chi connectivity index (χ3n) is 5.88. The lowest BCUT2D eigenvalue weighted by atomic mass is 9.71. The molecule has 1 aromatic rings. The molecule has 1 saturated heterocycles. The number of allylic oxidation sites excluding steroid dienone is 1. The van der Waals surface area contributed by atoms with Crippen LogP contribution >= 0.6 is 0 Å². The summed E-state index contributed by atoms with van der Waals surface area (Å²) >= 11 is 0. The number of carboxylic acid groups (broad SMARTS) is 1. The van der Waals surface area contributed by atoms with E-state index in [1.165, 1.54) is 30.0 Å². The van der Waals surface area contributed by atoms with Gasteiger partial charge in [0.25, 0.3) is 5.69 Å². The maximum Gasteiger partial charge on any atom is 0.336 e. The molecule has 3 rings (SSSR count). The molecular weight excluding hydrogens is 412 g/mol. The molecule has 0 unspecified atom stereocenters. The molecule has 1 fully saturated rings. The Hall–Kier alpha value is -3.47. The first-order valence-corrected chi connectivity index (χ1v) is 9.35. The molecule has 0 amide bonds. The van der Waals surface area contributed by atoms with Crippen LogP contribution in [0.1, 0.15) is 25.3 Å². The van der Waals surface area contributed by atoms with Crippen LogP contribution in [0.4, 0.5) is 5.69 Å². The summed E-state index contributed by atoms with van der Waals surface area (Å²) in [7, 11) is 2.32. The van der Waals surface area contributed by atoms with E-state index in [1.54, 1.807) is 13.0 Å². The Morgan fingerprint density at radius 1 is 1.29 bits per heavy atom. The molecule has 2 heterocycles. The second-order valence-corrected chi connectivity index (χ2v) is 7.41. The molecule has 1 N–H and O–H groups in total. The zero-order valence-corrected chi connectivity index (χ0v) is 17.4. The molecule has 2 aliphatic rings. The van der Waals surface area contributed by atoms with Crippen LogP contribution in [0.25, 0.3) is 0 Å². The van der Waals surface area contributed by atoms with E-state index in [9.17, 15) is 29.6 Å². The summed E-state index contributed by atoms with van der Waals surface area (Å²) in [4.78, 5) is 49.8. The molecule has 0 saturated carbocycles. The Morgan fingerprint density at radius 2 is 1.97 bits per heavy atom. The lowest BCUT2D eigenvalue weighted by molar-refractivity contribution is -0.384. The summed E-state index contributed by atoms with van der Waals surface area (Å²) in [6, 6.07) is 4.39. The summed E-state index contributed by atoms with van der Waals surface area (Å²) in [5.41, 5.74) is -1.16. The van der Waals surface area contributed by atoms with Gasteiger partial charge in [0.05, 0.1) is 31.3 Å². The van der Waals surface area contributed by atoms with Crippen LogP contribution in [0.2, 0.25) is 0 Å². The maximum atomic E-state index is 13.0. The molecule has 0 radical (unpaired) electrons. The van der Waals surface area contributed by atoms with E-state index in [4.69, 9.17) is 14.2 Å². The summed E-state index contributed by atoms with van der Waals surface area (Å²) in [5, 5.41) is 21.0. The molecule has 2 aliphatic heterocycles. The second kappa shape index (κ2) is 7.99. The van der Waals surface area contributed by atoms with Crippen molar-refractivity contribution in [3.8, 4) is 0 Å². The molecule has 166 valence electrons. The fourth-order valence-electron chi connectivity index (χ4n) is 4.58. The number of nitrogens with zero attached hydrogens (tertiary/aromatic N) is 2. The molecule has 11 nitrogen and oxygen atoms in total. The minimum atomic E-state index is -1.48. The number of hydrogen-bond acceptors (Lipinski definition) is 9. The molecule has 31 heavy (non-hydrogen) atoms. The molecule has 4 atom stereocenters. The summed E-state index contributed by atoms with van der Waals surface area (Å²) < 4.78 is 15.8. The van der Waals surface area contributed by atoms with Crippen molar-refractivity contribution in [2.75, 3.05) is 20.8 Å². The van der Waals surface area contributed by atoms with E-state index in [0.717, 1.165) is 14.2 Å². The average molecular weight is 434 g/mol. The number of fused-ring (bicyclic) bond motifs is 1. The van der Waals surface area contributed by atoms with Crippen molar-refractivity contribution < 1.29 is 38.6 Å². The third kappa shape index (κ3) is 3.40. The fourth-order valence-corrected chi connectivity index (χ4v) is 4.58. The van der Waals surface area contributed by atoms with Crippen molar-refractivity contribution in [3.05, 3.63) is 51.2 Å². The topological polar surface area (TPSA) is 146 Å². The van der Waals surface area contributed by atoms with Crippen molar-refractivity contribution >= 4 is 23.6 Å². The molecule has 1 aromatic carbocycles. The van der Waals surface area contributed by atoms with Crippen molar-refractivity contribution in [2.24, 2.45) is 5.92 Å². The van der Waals surface area contributed by atoms with Crippen LogP contribution in [0, 0.1) is 16.0 Å². The Labute approximate surface area is 177 Å². The van der Waals surface area contributed by atoms with Gasteiger partial charge in [-0.3, -0.25) is 14.9 Å². The van der Waals surface area contributed by atoms with E-state index in [-0.39, 0.29) is 23.6 Å². The normalized spacial score (nSPS) is 27.5. The number of aliphatic carboxylic acids is 1. The minimum Gasteiger partial charge on any atom is -0.480 e. The number of rotatable bonds is 5. The molecular formula is C20H22N2O9. The van der Waals surface area contributed by atoms with Crippen LogP contribution in [0.15, 0.2) is 35.5 Å². The number of carbonyl (C=O) groups excluding carboxylic acids is 2. The molecule has 0 bridgehead atoms. The van der Waals surface area contributed by atoms with Gasteiger partial charge in [-0.2, -0.15) is 0 Å². The first kappa shape index (κ1) is 22.2. The van der Waals surface area contributed by atoms with Crippen LogP contribution in [0.3, 0.4) is 0 Å². The van der Waals surface area contributed by atoms with Crippen molar-refractivity contribution in [3.63, 3.8) is 0 Å². The number of carbonyl (C=O) groups is 3. The average Bonchev–Trinajstić information content (AvgIpc) is 3.11. The molecule has 0 aromatic heterocycles. The van der Waals surface area contributed by atoms with E-state index >= 15 is 0 Å². The second-order valence-electron chi connectivity index (χ2n) is 7.41. The smallest absolute Gasteiger partial charge is 0.336 e. The Kier molecular flexibility index (Phi) is 5.72. The van der Waals surface area contributed by atoms with Gasteiger partial charge in [-0.25, -0.2) is 9.59 Å². The van der Waals surface area contributed by atoms with Gasteiger partial charge in [0.2, 0.25) is 0 Å². The molecule has 0 spiro atoms. The Morgan fingerprint density at radius 3 is 2.52 bits per heavy atom. The number of ether oxygens (including phenoxy) is 3. The number of benzene rings is 1. The number of carboxylic acids is 1. The number of methoxy groups -OCH3 is 2. The van der Waals surface area contributed by atoms with E-state index in [0.29, 0.717) is 5.56 Å². The van der Waals surface area contributed by atoms with Crippen molar-refractivity contribution in [1.29, 1.82) is 0 Å². The van der Waals surface area contributed by atoms with Crippen LogP contribution in [-0.2, 0) is 28.6 Å². The van der Waals surface area contributed by atoms with Crippen molar-refractivity contribution in [2.45, 2.75) is 31.5 Å². The third-order valence-corrected chi connectivity index (χ3v) is 5.88. The Balaban J connectivity index is 2.35. The summed E-state index contributed by atoms with van der Waals surface area (Å²) in [6.45, 7) is 2.85. The summed E-state index contributed by atoms with van der Waals surface area (Å²) in [6.07, 6.45) is 0. The number of hydrogen-bond donors (Lipinski definition) is 1. The van der Waals surface area contributed by atoms with Crippen LogP contribution in [-0.4, -0.2) is 65.4 Å². The lowest BCUT2D eigenvalue weighted by Gasteiger charge is -2.49. The van der Waals surface area contributed by atoms with Gasteiger partial charge in [-0.1, -0.05) is 12.1 Å². The first-order valence-electron chi connectivity index (χ1n) is 9.35. The highest BCUT2D eigenvalue weighted by Crippen LogP contribution is 2.52. The van der Waals surface area contributed by atoms with Gasteiger partial charge in [-0.05, 0) is 19.4 Å². The van der Waals surface area contributed by atoms with Crippen LogP contribution < -0.4 is 0 Å².